The van der Waals surface area contributed by atoms with Crippen molar-refractivity contribution in [1.29, 1.82) is 0 Å². The Labute approximate surface area is 105 Å². The number of piperazine rings is 1. The maximum absolute atomic E-state index is 11.8. The van der Waals surface area contributed by atoms with Crippen LogP contribution < -0.4 is 5.32 Å². The molecular weight excluding hydrogens is 236 g/mol. The molecule has 0 aromatic heterocycles. The minimum Gasteiger partial charge on any atom is -0.311 e. The van der Waals surface area contributed by atoms with E-state index in [1.54, 1.807) is 0 Å². The summed E-state index contributed by atoms with van der Waals surface area (Å²) in [6.45, 7) is 8.13. The molecule has 2 heterocycles. The quantitative estimate of drug-likeness (QED) is 0.802. The second-order valence-corrected chi connectivity index (χ2v) is 8.10. The van der Waals surface area contributed by atoms with Gasteiger partial charge in [0.25, 0.3) is 0 Å². The van der Waals surface area contributed by atoms with Crippen LogP contribution in [0.4, 0.5) is 0 Å². The van der Waals surface area contributed by atoms with E-state index < -0.39 is 9.84 Å². The normalized spacial score (nSPS) is 34.3. The van der Waals surface area contributed by atoms with Gasteiger partial charge in [-0.2, -0.15) is 0 Å². The fraction of sp³-hybridized carbons (Fsp3) is 1.00. The Morgan fingerprint density at radius 1 is 1.41 bits per heavy atom. The van der Waals surface area contributed by atoms with Crippen LogP contribution in [-0.2, 0) is 9.84 Å². The Bertz CT molecular complexity index is 354. The monoisotopic (exact) mass is 260 g/mol. The molecule has 2 unspecified atom stereocenters. The van der Waals surface area contributed by atoms with Crippen LogP contribution in [0.3, 0.4) is 0 Å². The number of rotatable bonds is 3. The lowest BCUT2D eigenvalue weighted by atomic mass is 10.0. The summed E-state index contributed by atoms with van der Waals surface area (Å²) in [7, 11) is -2.79. The Morgan fingerprint density at radius 3 is 2.76 bits per heavy atom. The third-order valence-corrected chi connectivity index (χ3v) is 6.28. The van der Waals surface area contributed by atoms with Crippen molar-refractivity contribution in [1.82, 2.24) is 10.2 Å². The molecule has 0 aromatic rings. The van der Waals surface area contributed by atoms with Crippen LogP contribution in [0.5, 0.6) is 0 Å². The van der Waals surface area contributed by atoms with Gasteiger partial charge in [0, 0.05) is 32.2 Å². The molecule has 2 aliphatic rings. The number of hydrogen-bond donors (Lipinski definition) is 1. The molecule has 1 N–H and O–H groups in total. The van der Waals surface area contributed by atoms with Crippen LogP contribution in [0.2, 0.25) is 0 Å². The molecule has 2 atom stereocenters. The van der Waals surface area contributed by atoms with Crippen molar-refractivity contribution in [2.75, 3.05) is 31.9 Å². The highest BCUT2D eigenvalue weighted by atomic mass is 32.2. The summed E-state index contributed by atoms with van der Waals surface area (Å²) >= 11 is 0. The Kier molecular flexibility index (Phi) is 4.10. The molecule has 17 heavy (non-hydrogen) atoms. The average Bonchev–Trinajstić information content (AvgIpc) is 2.59. The van der Waals surface area contributed by atoms with E-state index in [4.69, 9.17) is 0 Å². The molecule has 0 aromatic carbocycles. The number of hydrogen-bond acceptors (Lipinski definition) is 4. The molecule has 0 spiro atoms. The predicted molar refractivity (Wildman–Crippen MR) is 69.9 cm³/mol. The molecule has 2 aliphatic heterocycles. The van der Waals surface area contributed by atoms with E-state index in [0.717, 1.165) is 39.0 Å². The van der Waals surface area contributed by atoms with Crippen molar-refractivity contribution in [3.05, 3.63) is 0 Å². The lowest BCUT2D eigenvalue weighted by Crippen LogP contribution is -2.54. The lowest BCUT2D eigenvalue weighted by molar-refractivity contribution is 0.174. The predicted octanol–water partition coefficient (Wildman–Crippen LogP) is 0.493. The summed E-state index contributed by atoms with van der Waals surface area (Å²) in [6.07, 6.45) is 1.71. The van der Waals surface area contributed by atoms with Crippen LogP contribution in [0, 0.1) is 5.92 Å². The van der Waals surface area contributed by atoms with Crippen LogP contribution in [0.15, 0.2) is 0 Å². The zero-order valence-corrected chi connectivity index (χ0v) is 11.7. The van der Waals surface area contributed by atoms with Crippen LogP contribution in [-0.4, -0.2) is 56.5 Å². The fourth-order valence-electron chi connectivity index (χ4n) is 2.81. The summed E-state index contributed by atoms with van der Waals surface area (Å²) in [5.41, 5.74) is 0. The standard InChI is InChI=1S/C12H24N2O2S/c1-10(2)12-9-14(6-5-13-12)8-11-4-3-7-17(11,15)16/h10-13H,3-9H2,1-2H3. The zero-order chi connectivity index (χ0) is 12.5. The average molecular weight is 260 g/mol. The molecule has 100 valence electrons. The third kappa shape index (κ3) is 3.20. The molecular formula is C12H24N2O2S. The van der Waals surface area contributed by atoms with Gasteiger partial charge in [0.15, 0.2) is 9.84 Å². The first kappa shape index (κ1) is 13.3. The summed E-state index contributed by atoms with van der Waals surface area (Å²) < 4.78 is 23.6. The van der Waals surface area contributed by atoms with Crippen LogP contribution >= 0.6 is 0 Å². The first-order valence-corrected chi connectivity index (χ1v) is 8.38. The highest BCUT2D eigenvalue weighted by Gasteiger charge is 2.34. The molecule has 5 heteroatoms. The van der Waals surface area contributed by atoms with Gasteiger partial charge in [-0.15, -0.1) is 0 Å². The van der Waals surface area contributed by atoms with Gasteiger partial charge in [0.1, 0.15) is 0 Å². The molecule has 2 saturated heterocycles. The molecule has 0 amide bonds. The maximum atomic E-state index is 11.8. The minimum atomic E-state index is -2.79. The molecule has 4 nitrogen and oxygen atoms in total. The second kappa shape index (κ2) is 5.24. The number of nitrogens with zero attached hydrogens (tertiary/aromatic N) is 1. The summed E-state index contributed by atoms with van der Waals surface area (Å²) in [6, 6.07) is 0.507. The molecule has 0 aliphatic carbocycles. The minimum absolute atomic E-state index is 0.103. The van der Waals surface area contributed by atoms with Gasteiger partial charge < -0.3 is 5.32 Å². The van der Waals surface area contributed by atoms with E-state index in [2.05, 4.69) is 24.1 Å². The first-order chi connectivity index (χ1) is 7.99. The fourth-order valence-corrected chi connectivity index (χ4v) is 4.67. The van der Waals surface area contributed by atoms with Crippen LogP contribution in [0.1, 0.15) is 26.7 Å². The SMILES string of the molecule is CC(C)C1CN(CC2CCCS2(=O)=O)CCN1. The summed E-state index contributed by atoms with van der Waals surface area (Å²) in [4.78, 5) is 2.33. The van der Waals surface area contributed by atoms with Crippen molar-refractivity contribution in [2.45, 2.75) is 38.0 Å². The van der Waals surface area contributed by atoms with E-state index in [9.17, 15) is 8.42 Å². The second-order valence-electron chi connectivity index (χ2n) is 5.70. The smallest absolute Gasteiger partial charge is 0.154 e. The molecule has 0 bridgehead atoms. The zero-order valence-electron chi connectivity index (χ0n) is 10.9. The maximum Gasteiger partial charge on any atom is 0.154 e. The van der Waals surface area contributed by atoms with Gasteiger partial charge in [-0.1, -0.05) is 13.8 Å². The van der Waals surface area contributed by atoms with Gasteiger partial charge in [0.05, 0.1) is 11.0 Å². The van der Waals surface area contributed by atoms with E-state index in [-0.39, 0.29) is 5.25 Å². The first-order valence-electron chi connectivity index (χ1n) is 6.66. The summed E-state index contributed by atoms with van der Waals surface area (Å²) in [5.74, 6) is 1.01. The molecule has 2 rings (SSSR count). The highest BCUT2D eigenvalue weighted by Crippen LogP contribution is 2.21. The van der Waals surface area contributed by atoms with Gasteiger partial charge >= 0.3 is 0 Å². The van der Waals surface area contributed by atoms with Crippen molar-refractivity contribution in [3.63, 3.8) is 0 Å². The topological polar surface area (TPSA) is 49.4 Å². The third-order valence-electron chi connectivity index (χ3n) is 4.02. The molecule has 0 saturated carbocycles. The van der Waals surface area contributed by atoms with E-state index in [0.29, 0.717) is 17.7 Å². The number of nitrogens with one attached hydrogen (secondary N) is 1. The Balaban J connectivity index is 1.91. The Hall–Kier alpha value is -0.130. The highest BCUT2D eigenvalue weighted by molar-refractivity contribution is 7.92. The van der Waals surface area contributed by atoms with E-state index in [1.165, 1.54) is 0 Å². The van der Waals surface area contributed by atoms with Crippen molar-refractivity contribution < 1.29 is 8.42 Å². The van der Waals surface area contributed by atoms with E-state index >= 15 is 0 Å². The largest absolute Gasteiger partial charge is 0.311 e. The molecule has 0 radical (unpaired) electrons. The van der Waals surface area contributed by atoms with Gasteiger partial charge in [-0.3, -0.25) is 4.90 Å². The van der Waals surface area contributed by atoms with Gasteiger partial charge in [-0.25, -0.2) is 8.42 Å². The van der Waals surface area contributed by atoms with Crippen LogP contribution in [0.25, 0.3) is 0 Å². The van der Waals surface area contributed by atoms with Crippen molar-refractivity contribution in [3.8, 4) is 0 Å². The Morgan fingerprint density at radius 2 is 2.18 bits per heavy atom. The molecule has 2 fully saturated rings. The lowest BCUT2D eigenvalue weighted by Gasteiger charge is -2.36. The number of sulfone groups is 1. The van der Waals surface area contributed by atoms with Gasteiger partial charge in [0.2, 0.25) is 0 Å². The summed E-state index contributed by atoms with van der Waals surface area (Å²) in [5, 5.41) is 3.40. The van der Waals surface area contributed by atoms with Gasteiger partial charge in [-0.05, 0) is 18.8 Å². The van der Waals surface area contributed by atoms with Crippen molar-refractivity contribution >= 4 is 9.84 Å². The van der Waals surface area contributed by atoms with Crippen molar-refractivity contribution in [2.24, 2.45) is 5.92 Å². The van der Waals surface area contributed by atoms with E-state index in [1.807, 2.05) is 0 Å².